The van der Waals surface area contributed by atoms with Crippen molar-refractivity contribution in [1.29, 1.82) is 0 Å². The Kier molecular flexibility index (Phi) is 5.63. The van der Waals surface area contributed by atoms with Crippen molar-refractivity contribution in [2.45, 2.75) is 26.7 Å². The lowest BCUT2D eigenvalue weighted by molar-refractivity contribution is 0.809. The third kappa shape index (κ3) is 3.76. The van der Waals surface area contributed by atoms with Gasteiger partial charge in [0.15, 0.2) is 5.82 Å². The topological polar surface area (TPSA) is 37.8 Å². The van der Waals surface area contributed by atoms with E-state index in [1.165, 1.54) is 0 Å². The van der Waals surface area contributed by atoms with Gasteiger partial charge in [0, 0.05) is 16.6 Å². The zero-order valence-electron chi connectivity index (χ0n) is 12.0. The fourth-order valence-corrected chi connectivity index (χ4v) is 3.46. The van der Waals surface area contributed by atoms with Crippen LogP contribution in [0.15, 0.2) is 27.1 Å². The predicted octanol–water partition coefficient (Wildman–Crippen LogP) is 5.88. The van der Waals surface area contributed by atoms with Gasteiger partial charge in [-0.3, -0.25) is 0 Å². The van der Waals surface area contributed by atoms with Gasteiger partial charge in [0.1, 0.15) is 5.82 Å². The summed E-state index contributed by atoms with van der Waals surface area (Å²) in [5.41, 5.74) is 1.79. The summed E-state index contributed by atoms with van der Waals surface area (Å²) in [6.45, 7) is 7.04. The molecule has 0 amide bonds. The Balaban J connectivity index is 2.62. The molecule has 0 spiro atoms. The van der Waals surface area contributed by atoms with Crippen LogP contribution in [0.5, 0.6) is 0 Å². The van der Waals surface area contributed by atoms with Crippen LogP contribution in [0.4, 0.5) is 5.82 Å². The quantitative estimate of drug-likeness (QED) is 0.655. The molecule has 0 aliphatic carbocycles. The Morgan fingerprint density at radius 3 is 2.52 bits per heavy atom. The SMILES string of the molecule is CCNc1nc(-c2ccc(Br)cc2Cl)nc(C(C)C)c1Br. The van der Waals surface area contributed by atoms with Gasteiger partial charge < -0.3 is 5.32 Å². The van der Waals surface area contributed by atoms with E-state index in [0.717, 1.165) is 32.6 Å². The highest BCUT2D eigenvalue weighted by Gasteiger charge is 2.17. The largest absolute Gasteiger partial charge is 0.369 e. The maximum absolute atomic E-state index is 6.32. The van der Waals surface area contributed by atoms with E-state index < -0.39 is 0 Å². The van der Waals surface area contributed by atoms with Crippen LogP contribution >= 0.6 is 43.5 Å². The maximum Gasteiger partial charge on any atom is 0.163 e. The first kappa shape index (κ1) is 16.7. The molecule has 2 rings (SSSR count). The van der Waals surface area contributed by atoms with Gasteiger partial charge in [-0.25, -0.2) is 9.97 Å². The van der Waals surface area contributed by atoms with Crippen LogP contribution < -0.4 is 5.32 Å². The lowest BCUT2D eigenvalue weighted by atomic mass is 10.1. The third-order valence-corrected chi connectivity index (χ3v) is 4.53. The molecule has 21 heavy (non-hydrogen) atoms. The Hall–Kier alpha value is -0.650. The summed E-state index contributed by atoms with van der Waals surface area (Å²) < 4.78 is 1.85. The molecular formula is C15H16Br2ClN3. The molecule has 0 atom stereocenters. The molecule has 0 bridgehead atoms. The number of hydrogen-bond donors (Lipinski definition) is 1. The molecule has 2 aromatic rings. The molecule has 1 aromatic heterocycles. The number of nitrogens with one attached hydrogen (secondary N) is 1. The summed E-state index contributed by atoms with van der Waals surface area (Å²) in [6.07, 6.45) is 0. The summed E-state index contributed by atoms with van der Waals surface area (Å²) in [5, 5.41) is 3.89. The zero-order valence-corrected chi connectivity index (χ0v) is 16.0. The van der Waals surface area contributed by atoms with E-state index in [-0.39, 0.29) is 5.92 Å². The number of halogens is 3. The van der Waals surface area contributed by atoms with Crippen LogP contribution in [0.2, 0.25) is 5.02 Å². The monoisotopic (exact) mass is 431 g/mol. The number of rotatable bonds is 4. The minimum Gasteiger partial charge on any atom is -0.369 e. The van der Waals surface area contributed by atoms with Gasteiger partial charge in [0.2, 0.25) is 0 Å². The second kappa shape index (κ2) is 7.07. The summed E-state index contributed by atoms with van der Waals surface area (Å²) in [6, 6.07) is 5.72. The number of aromatic nitrogens is 2. The average Bonchev–Trinajstić information content (AvgIpc) is 2.41. The van der Waals surface area contributed by atoms with Crippen molar-refractivity contribution >= 4 is 49.3 Å². The Morgan fingerprint density at radius 2 is 1.95 bits per heavy atom. The molecule has 0 fully saturated rings. The van der Waals surface area contributed by atoms with Crippen molar-refractivity contribution < 1.29 is 0 Å². The second-order valence-electron chi connectivity index (χ2n) is 4.90. The normalized spacial score (nSPS) is 11.0. The Labute approximate surface area is 146 Å². The van der Waals surface area contributed by atoms with Crippen LogP contribution in [0.1, 0.15) is 32.4 Å². The van der Waals surface area contributed by atoms with Crippen LogP contribution in [0.25, 0.3) is 11.4 Å². The van der Waals surface area contributed by atoms with Crippen molar-refractivity contribution in [1.82, 2.24) is 9.97 Å². The lowest BCUT2D eigenvalue weighted by Gasteiger charge is -2.15. The van der Waals surface area contributed by atoms with Crippen LogP contribution in [0.3, 0.4) is 0 Å². The number of benzene rings is 1. The van der Waals surface area contributed by atoms with Gasteiger partial charge >= 0.3 is 0 Å². The molecule has 6 heteroatoms. The van der Waals surface area contributed by atoms with Crippen LogP contribution in [0, 0.1) is 0 Å². The Morgan fingerprint density at radius 1 is 1.24 bits per heavy atom. The van der Waals surface area contributed by atoms with Crippen molar-refractivity contribution in [3.05, 3.63) is 37.9 Å². The van der Waals surface area contributed by atoms with Gasteiger partial charge in [-0.15, -0.1) is 0 Å². The predicted molar refractivity (Wildman–Crippen MR) is 96.1 cm³/mol. The first-order valence-corrected chi connectivity index (χ1v) is 8.67. The highest BCUT2D eigenvalue weighted by molar-refractivity contribution is 9.11. The van der Waals surface area contributed by atoms with Crippen molar-refractivity contribution in [2.75, 3.05) is 11.9 Å². The molecule has 0 radical (unpaired) electrons. The minimum absolute atomic E-state index is 0.285. The number of anilines is 1. The Bertz CT molecular complexity index is 660. The highest BCUT2D eigenvalue weighted by Crippen LogP contribution is 2.34. The van der Waals surface area contributed by atoms with Crippen molar-refractivity contribution in [3.63, 3.8) is 0 Å². The molecule has 0 aliphatic heterocycles. The minimum atomic E-state index is 0.285. The first-order valence-electron chi connectivity index (χ1n) is 6.70. The standard InChI is InChI=1S/C15H16Br2ClN3/c1-4-19-15-12(17)13(8(2)3)20-14(21-15)10-6-5-9(16)7-11(10)18/h5-8H,4H2,1-3H3,(H,19,20,21). The molecule has 112 valence electrons. The molecule has 1 heterocycles. The fraction of sp³-hybridized carbons (Fsp3) is 0.333. The molecule has 0 saturated carbocycles. The molecule has 1 aromatic carbocycles. The van der Waals surface area contributed by atoms with E-state index in [2.05, 4.69) is 61.0 Å². The van der Waals surface area contributed by atoms with E-state index >= 15 is 0 Å². The van der Waals surface area contributed by atoms with E-state index in [0.29, 0.717) is 10.8 Å². The van der Waals surface area contributed by atoms with Gasteiger partial charge in [-0.2, -0.15) is 0 Å². The highest BCUT2D eigenvalue weighted by atomic mass is 79.9. The van der Waals surface area contributed by atoms with E-state index in [9.17, 15) is 0 Å². The lowest BCUT2D eigenvalue weighted by Crippen LogP contribution is -2.07. The van der Waals surface area contributed by atoms with E-state index in [4.69, 9.17) is 11.6 Å². The first-order chi connectivity index (χ1) is 9.93. The summed E-state index contributed by atoms with van der Waals surface area (Å²) >= 11 is 13.3. The average molecular weight is 434 g/mol. The summed E-state index contributed by atoms with van der Waals surface area (Å²) in [5.74, 6) is 1.72. The fourth-order valence-electron chi connectivity index (χ4n) is 1.92. The maximum atomic E-state index is 6.32. The van der Waals surface area contributed by atoms with E-state index in [1.807, 2.05) is 25.1 Å². The molecule has 1 N–H and O–H groups in total. The number of nitrogens with zero attached hydrogens (tertiary/aromatic N) is 2. The number of hydrogen-bond acceptors (Lipinski definition) is 3. The van der Waals surface area contributed by atoms with Gasteiger partial charge in [0.05, 0.1) is 15.2 Å². The van der Waals surface area contributed by atoms with Gasteiger partial charge in [-0.05, 0) is 47.0 Å². The smallest absolute Gasteiger partial charge is 0.163 e. The molecule has 0 saturated heterocycles. The van der Waals surface area contributed by atoms with Crippen LogP contribution in [-0.2, 0) is 0 Å². The molecule has 0 unspecified atom stereocenters. The zero-order chi connectivity index (χ0) is 15.6. The van der Waals surface area contributed by atoms with Crippen molar-refractivity contribution in [2.24, 2.45) is 0 Å². The van der Waals surface area contributed by atoms with Crippen molar-refractivity contribution in [3.8, 4) is 11.4 Å². The van der Waals surface area contributed by atoms with Gasteiger partial charge in [0.25, 0.3) is 0 Å². The summed E-state index contributed by atoms with van der Waals surface area (Å²) in [4.78, 5) is 9.27. The third-order valence-electron chi connectivity index (χ3n) is 2.94. The molecule has 0 aliphatic rings. The molecule has 3 nitrogen and oxygen atoms in total. The van der Waals surface area contributed by atoms with Crippen LogP contribution in [-0.4, -0.2) is 16.5 Å². The van der Waals surface area contributed by atoms with E-state index in [1.54, 1.807) is 0 Å². The second-order valence-corrected chi connectivity index (χ2v) is 7.02. The summed E-state index contributed by atoms with van der Waals surface area (Å²) in [7, 11) is 0. The van der Waals surface area contributed by atoms with Gasteiger partial charge in [-0.1, -0.05) is 41.4 Å². The molecular weight excluding hydrogens is 417 g/mol.